The molecule has 0 aliphatic rings. The lowest BCUT2D eigenvalue weighted by atomic mass is 9.95. The number of hydrogen-bond acceptors (Lipinski definition) is 2. The van der Waals surface area contributed by atoms with Crippen molar-refractivity contribution in [2.75, 3.05) is 9.80 Å². The fourth-order valence-electron chi connectivity index (χ4n) is 8.86. The zero-order valence-electron chi connectivity index (χ0n) is 35.8. The van der Waals surface area contributed by atoms with Crippen LogP contribution in [0.5, 0.6) is 0 Å². The van der Waals surface area contributed by atoms with E-state index in [1.54, 1.807) is 0 Å². The highest BCUT2D eigenvalue weighted by atomic mass is 15.2. The van der Waals surface area contributed by atoms with Crippen molar-refractivity contribution >= 4 is 55.7 Å². The van der Waals surface area contributed by atoms with E-state index in [2.05, 4.69) is 254 Å². The van der Waals surface area contributed by atoms with Gasteiger partial charge in [0.2, 0.25) is 0 Å². The average molecular weight is 799 g/mol. The quantitative estimate of drug-likeness (QED) is 0.144. The number of para-hydroxylation sites is 1. The van der Waals surface area contributed by atoms with Crippen molar-refractivity contribution in [3.8, 4) is 33.4 Å². The maximum absolute atomic E-state index is 2.44. The predicted molar refractivity (Wildman–Crippen MR) is 268 cm³/mol. The first kappa shape index (κ1) is 39.8. The zero-order chi connectivity index (χ0) is 42.4. The van der Waals surface area contributed by atoms with Gasteiger partial charge in [-0.1, -0.05) is 190 Å². The van der Waals surface area contributed by atoms with E-state index in [-0.39, 0.29) is 0 Å². The highest BCUT2D eigenvalue weighted by Crippen LogP contribution is 2.47. The maximum atomic E-state index is 2.44. The Bertz CT molecular complexity index is 3120. The molecule has 0 fully saturated rings. The molecule has 0 bridgehead atoms. The Kier molecular flexibility index (Phi) is 11.5. The molecule has 0 atom stereocenters. The van der Waals surface area contributed by atoms with Gasteiger partial charge in [-0.05, 0) is 124 Å². The summed E-state index contributed by atoms with van der Waals surface area (Å²) >= 11 is 0. The predicted octanol–water partition coefficient (Wildman–Crippen LogP) is 17.6. The van der Waals surface area contributed by atoms with Gasteiger partial charge in [-0.15, -0.1) is 0 Å². The minimum Gasteiger partial charge on any atom is -0.310 e. The molecular weight excluding hydrogens is 749 g/mol. The third-order valence-corrected chi connectivity index (χ3v) is 11.7. The number of anilines is 6. The fraction of sp³-hybridized carbons (Fsp3) is 0.0667. The van der Waals surface area contributed by atoms with Gasteiger partial charge < -0.3 is 9.80 Å². The summed E-state index contributed by atoms with van der Waals surface area (Å²) in [5.41, 5.74) is 16.4. The Morgan fingerprint density at radius 3 is 1.16 bits per heavy atom. The lowest BCUT2D eigenvalue weighted by molar-refractivity contribution is 1.25. The summed E-state index contributed by atoms with van der Waals surface area (Å²) in [4.78, 5) is 4.84. The van der Waals surface area contributed by atoms with Crippen LogP contribution in [0.3, 0.4) is 0 Å². The molecule has 0 aliphatic carbocycles. The van der Waals surface area contributed by atoms with Gasteiger partial charge in [-0.25, -0.2) is 0 Å². The molecular formula is C60H50N2. The molecule has 10 aromatic rings. The first-order chi connectivity index (χ1) is 30.6. The number of hydrogen-bond donors (Lipinski definition) is 0. The van der Waals surface area contributed by atoms with Gasteiger partial charge in [0.1, 0.15) is 0 Å². The highest BCUT2D eigenvalue weighted by Gasteiger charge is 2.22. The van der Waals surface area contributed by atoms with Gasteiger partial charge in [-0.3, -0.25) is 0 Å². The van der Waals surface area contributed by atoms with Gasteiger partial charge in [0.15, 0.2) is 0 Å². The molecule has 2 heteroatoms. The molecule has 0 saturated heterocycles. The van der Waals surface area contributed by atoms with E-state index in [9.17, 15) is 0 Å². The summed E-state index contributed by atoms with van der Waals surface area (Å²) in [5.74, 6) is 0. The first-order valence-corrected chi connectivity index (χ1v) is 21.7. The molecule has 0 heterocycles. The molecule has 0 radical (unpaired) electrons. The first-order valence-electron chi connectivity index (χ1n) is 21.7. The smallest absolute Gasteiger partial charge is 0.0540 e. The third-order valence-electron chi connectivity index (χ3n) is 11.7. The van der Waals surface area contributed by atoms with E-state index in [0.717, 1.165) is 34.1 Å². The van der Waals surface area contributed by atoms with Crippen LogP contribution >= 0.6 is 0 Å². The Morgan fingerprint density at radius 1 is 0.258 bits per heavy atom. The van der Waals surface area contributed by atoms with E-state index < -0.39 is 0 Å². The van der Waals surface area contributed by atoms with Crippen molar-refractivity contribution in [1.82, 2.24) is 0 Å². The van der Waals surface area contributed by atoms with Gasteiger partial charge in [0.05, 0.1) is 11.4 Å². The second-order valence-electron chi connectivity index (χ2n) is 15.4. The molecule has 0 unspecified atom stereocenters. The Morgan fingerprint density at radius 2 is 0.645 bits per heavy atom. The van der Waals surface area contributed by atoms with Crippen molar-refractivity contribution < 1.29 is 0 Å². The molecule has 0 aliphatic heterocycles. The SMILES string of the molecule is CC.Cc1ccccc1-c1ccc(N(c2cccc(N(c3ccccc3)c3ccc(-c4ccccc4)c4ccccc34)c2)c2ccc(-c3ccccc3)c3ccccc23)cc1C. The molecule has 62 heavy (non-hydrogen) atoms. The molecule has 0 aromatic heterocycles. The summed E-state index contributed by atoms with van der Waals surface area (Å²) in [6.45, 7) is 8.43. The zero-order valence-corrected chi connectivity index (χ0v) is 35.8. The fourth-order valence-corrected chi connectivity index (χ4v) is 8.86. The van der Waals surface area contributed by atoms with Gasteiger partial charge >= 0.3 is 0 Å². The molecule has 2 nitrogen and oxygen atoms in total. The van der Waals surface area contributed by atoms with Gasteiger partial charge in [0, 0.05) is 33.5 Å². The van der Waals surface area contributed by atoms with Crippen molar-refractivity contribution in [2.24, 2.45) is 0 Å². The number of benzene rings is 10. The molecule has 10 rings (SSSR count). The van der Waals surface area contributed by atoms with Gasteiger partial charge in [-0.2, -0.15) is 0 Å². The van der Waals surface area contributed by atoms with Crippen molar-refractivity contribution in [3.05, 3.63) is 242 Å². The van der Waals surface area contributed by atoms with E-state index in [0.29, 0.717) is 0 Å². The second kappa shape index (κ2) is 17.9. The summed E-state index contributed by atoms with van der Waals surface area (Å²) in [7, 11) is 0. The lowest BCUT2D eigenvalue weighted by Crippen LogP contribution is -2.14. The number of aryl methyl sites for hydroxylation is 2. The molecule has 0 N–H and O–H groups in total. The second-order valence-corrected chi connectivity index (χ2v) is 15.4. The van der Waals surface area contributed by atoms with Crippen LogP contribution in [0.1, 0.15) is 25.0 Å². The maximum Gasteiger partial charge on any atom is 0.0540 e. The minimum atomic E-state index is 1.07. The average Bonchev–Trinajstić information content (AvgIpc) is 3.34. The van der Waals surface area contributed by atoms with Crippen LogP contribution in [0.4, 0.5) is 34.1 Å². The molecule has 0 amide bonds. The van der Waals surface area contributed by atoms with E-state index in [1.807, 2.05) is 13.8 Å². The molecule has 300 valence electrons. The monoisotopic (exact) mass is 798 g/mol. The third kappa shape index (κ3) is 7.64. The molecule has 0 saturated carbocycles. The van der Waals surface area contributed by atoms with Crippen LogP contribution in [-0.2, 0) is 0 Å². The van der Waals surface area contributed by atoms with Crippen LogP contribution in [0, 0.1) is 13.8 Å². The van der Waals surface area contributed by atoms with E-state index >= 15 is 0 Å². The minimum absolute atomic E-state index is 1.07. The Hall–Kier alpha value is -7.68. The topological polar surface area (TPSA) is 6.48 Å². The number of fused-ring (bicyclic) bond motifs is 2. The highest BCUT2D eigenvalue weighted by molar-refractivity contribution is 6.08. The Balaban J connectivity index is 0.00000242. The summed E-state index contributed by atoms with van der Waals surface area (Å²) < 4.78 is 0. The lowest BCUT2D eigenvalue weighted by Gasteiger charge is -2.31. The number of nitrogens with zero attached hydrogens (tertiary/aromatic N) is 2. The standard InChI is InChI=1S/C58H44N2.C2H6/c1-41-19-12-13-28-49(41)50-34-33-48(39-42(50)2)60(58-38-36-52(44-22-8-4-9-23-44)54-30-15-17-32-56(54)58)47-27-18-26-46(40-47)59(45-24-10-5-11-25-45)57-37-35-51(43-20-6-3-7-21-43)53-29-14-16-31-55(53)57;1-2/h3-40H,1-2H3;1-2H3. The van der Waals surface area contributed by atoms with Crippen LogP contribution in [0.2, 0.25) is 0 Å². The van der Waals surface area contributed by atoms with Crippen LogP contribution in [0.15, 0.2) is 231 Å². The Labute approximate surface area is 366 Å². The van der Waals surface area contributed by atoms with Crippen molar-refractivity contribution in [2.45, 2.75) is 27.7 Å². The van der Waals surface area contributed by atoms with Crippen molar-refractivity contribution in [3.63, 3.8) is 0 Å². The number of rotatable bonds is 9. The summed E-state index contributed by atoms with van der Waals surface area (Å²) in [6, 6.07) is 83.5. The van der Waals surface area contributed by atoms with E-state index in [1.165, 1.54) is 66.1 Å². The van der Waals surface area contributed by atoms with Crippen LogP contribution in [0.25, 0.3) is 54.9 Å². The molecule has 10 aromatic carbocycles. The van der Waals surface area contributed by atoms with Gasteiger partial charge in [0.25, 0.3) is 0 Å². The van der Waals surface area contributed by atoms with Crippen LogP contribution in [-0.4, -0.2) is 0 Å². The van der Waals surface area contributed by atoms with Crippen molar-refractivity contribution in [1.29, 1.82) is 0 Å². The normalized spacial score (nSPS) is 10.9. The summed E-state index contributed by atoms with van der Waals surface area (Å²) in [5, 5.41) is 4.81. The van der Waals surface area contributed by atoms with Crippen LogP contribution < -0.4 is 9.80 Å². The molecule has 0 spiro atoms. The van der Waals surface area contributed by atoms with E-state index in [4.69, 9.17) is 0 Å². The largest absolute Gasteiger partial charge is 0.310 e. The summed E-state index contributed by atoms with van der Waals surface area (Å²) in [6.07, 6.45) is 0.